The van der Waals surface area contributed by atoms with Crippen LogP contribution in [0, 0.1) is 11.3 Å². The number of para-hydroxylation sites is 1. The summed E-state index contributed by atoms with van der Waals surface area (Å²) in [6, 6.07) is 8.16. The van der Waals surface area contributed by atoms with Gasteiger partial charge in [-0.15, -0.1) is 0 Å². The van der Waals surface area contributed by atoms with Crippen LogP contribution in [-0.2, 0) is 6.54 Å². The van der Waals surface area contributed by atoms with E-state index in [-0.39, 0.29) is 0 Å². The zero-order valence-electron chi connectivity index (χ0n) is 11.7. The molecule has 1 atom stereocenters. The molecule has 0 saturated carbocycles. The summed E-state index contributed by atoms with van der Waals surface area (Å²) in [6.45, 7) is 11.0. The van der Waals surface area contributed by atoms with Crippen LogP contribution in [0.1, 0.15) is 33.3 Å². The number of hydrogen-bond acceptors (Lipinski definition) is 2. The molecule has 0 saturated heterocycles. The maximum atomic E-state index is 5.33. The van der Waals surface area contributed by atoms with Gasteiger partial charge in [-0.3, -0.25) is 0 Å². The van der Waals surface area contributed by atoms with Crippen LogP contribution in [0.25, 0.3) is 0 Å². The quantitative estimate of drug-likeness (QED) is 0.844. The molecule has 2 nitrogen and oxygen atoms in total. The Bertz CT molecular complexity index is 341. The molecule has 1 N–H and O–H groups in total. The van der Waals surface area contributed by atoms with Crippen LogP contribution in [0.3, 0.4) is 0 Å². The molecule has 0 aliphatic rings. The SMILES string of the molecule is COc1ccccc1CNCC(C)C(C)(C)C. The highest BCUT2D eigenvalue weighted by Crippen LogP contribution is 2.24. The minimum Gasteiger partial charge on any atom is -0.496 e. The fraction of sp³-hybridized carbons (Fsp3) is 0.600. The largest absolute Gasteiger partial charge is 0.496 e. The third kappa shape index (κ3) is 4.39. The molecule has 0 aliphatic heterocycles. The second-order valence-electron chi connectivity index (χ2n) is 5.71. The molecule has 0 bridgehead atoms. The first-order chi connectivity index (χ1) is 7.95. The standard InChI is InChI=1S/C15H25NO/c1-12(15(2,3)4)10-16-11-13-8-6-7-9-14(13)17-5/h6-9,12,16H,10-11H2,1-5H3. The molecule has 0 fully saturated rings. The van der Waals surface area contributed by atoms with Crippen molar-refractivity contribution in [2.75, 3.05) is 13.7 Å². The first kappa shape index (κ1) is 14.0. The van der Waals surface area contributed by atoms with Crippen molar-refractivity contribution < 1.29 is 4.74 Å². The molecular formula is C15H25NO. The minimum atomic E-state index is 0.355. The Morgan fingerprint density at radius 1 is 1.24 bits per heavy atom. The van der Waals surface area contributed by atoms with Gasteiger partial charge >= 0.3 is 0 Å². The Morgan fingerprint density at radius 3 is 2.47 bits per heavy atom. The van der Waals surface area contributed by atoms with E-state index in [1.54, 1.807) is 7.11 Å². The summed E-state index contributed by atoms with van der Waals surface area (Å²) in [7, 11) is 1.72. The number of hydrogen-bond donors (Lipinski definition) is 1. The highest BCUT2D eigenvalue weighted by molar-refractivity contribution is 5.32. The van der Waals surface area contributed by atoms with E-state index in [1.807, 2.05) is 18.2 Å². The van der Waals surface area contributed by atoms with E-state index in [0.717, 1.165) is 18.8 Å². The van der Waals surface area contributed by atoms with Gasteiger partial charge in [-0.25, -0.2) is 0 Å². The van der Waals surface area contributed by atoms with Crippen LogP contribution in [0.15, 0.2) is 24.3 Å². The predicted octanol–water partition coefficient (Wildman–Crippen LogP) is 3.47. The van der Waals surface area contributed by atoms with Crippen LogP contribution in [0.4, 0.5) is 0 Å². The Morgan fingerprint density at radius 2 is 1.88 bits per heavy atom. The molecule has 0 heterocycles. The second kappa shape index (κ2) is 6.06. The summed E-state index contributed by atoms with van der Waals surface area (Å²) in [5.41, 5.74) is 1.57. The highest BCUT2D eigenvalue weighted by atomic mass is 16.5. The van der Waals surface area contributed by atoms with Gasteiger partial charge in [0, 0.05) is 12.1 Å². The first-order valence-corrected chi connectivity index (χ1v) is 6.27. The number of rotatable bonds is 5. The van der Waals surface area contributed by atoms with Gasteiger partial charge in [0.15, 0.2) is 0 Å². The molecule has 1 aromatic carbocycles. The Kier molecular flexibility index (Phi) is 5.01. The molecule has 1 aromatic rings. The van der Waals surface area contributed by atoms with Gasteiger partial charge in [0.25, 0.3) is 0 Å². The number of benzene rings is 1. The summed E-state index contributed by atoms with van der Waals surface area (Å²) in [5.74, 6) is 1.61. The maximum absolute atomic E-state index is 5.33. The van der Waals surface area contributed by atoms with Gasteiger partial charge in [-0.1, -0.05) is 45.9 Å². The molecule has 0 radical (unpaired) electrons. The van der Waals surface area contributed by atoms with Crippen molar-refractivity contribution in [2.24, 2.45) is 11.3 Å². The van der Waals surface area contributed by atoms with Crippen LogP contribution >= 0.6 is 0 Å². The Labute approximate surface area is 105 Å². The summed E-state index contributed by atoms with van der Waals surface area (Å²) >= 11 is 0. The van der Waals surface area contributed by atoms with E-state index in [4.69, 9.17) is 4.74 Å². The van der Waals surface area contributed by atoms with E-state index in [1.165, 1.54) is 5.56 Å². The molecule has 0 aliphatic carbocycles. The lowest BCUT2D eigenvalue weighted by Crippen LogP contribution is -2.29. The van der Waals surface area contributed by atoms with E-state index < -0.39 is 0 Å². The lowest BCUT2D eigenvalue weighted by molar-refractivity contribution is 0.252. The van der Waals surface area contributed by atoms with Gasteiger partial charge in [-0.2, -0.15) is 0 Å². The summed E-state index contributed by atoms with van der Waals surface area (Å²) in [6.07, 6.45) is 0. The molecule has 0 aromatic heterocycles. The molecule has 2 heteroatoms. The van der Waals surface area contributed by atoms with E-state index in [2.05, 4.69) is 39.1 Å². The Hall–Kier alpha value is -1.02. The Balaban J connectivity index is 2.46. The first-order valence-electron chi connectivity index (χ1n) is 6.27. The van der Waals surface area contributed by atoms with E-state index in [0.29, 0.717) is 11.3 Å². The lowest BCUT2D eigenvalue weighted by atomic mass is 9.82. The molecule has 1 unspecified atom stereocenters. The van der Waals surface area contributed by atoms with Crippen LogP contribution in [0.2, 0.25) is 0 Å². The minimum absolute atomic E-state index is 0.355. The normalized spacial score (nSPS) is 13.5. The van der Waals surface area contributed by atoms with Crippen molar-refractivity contribution in [2.45, 2.75) is 34.2 Å². The summed E-state index contributed by atoms with van der Waals surface area (Å²) < 4.78 is 5.33. The number of ether oxygens (including phenoxy) is 1. The molecule has 1 rings (SSSR count). The topological polar surface area (TPSA) is 21.3 Å². The third-order valence-electron chi connectivity index (χ3n) is 3.44. The average Bonchev–Trinajstić information content (AvgIpc) is 2.28. The average molecular weight is 235 g/mol. The second-order valence-corrected chi connectivity index (χ2v) is 5.71. The van der Waals surface area contributed by atoms with Crippen molar-refractivity contribution in [1.82, 2.24) is 5.32 Å². The van der Waals surface area contributed by atoms with E-state index in [9.17, 15) is 0 Å². The molecular weight excluding hydrogens is 210 g/mol. The molecule has 0 spiro atoms. The van der Waals surface area contributed by atoms with Gasteiger partial charge in [-0.05, 0) is 23.9 Å². The molecule has 17 heavy (non-hydrogen) atoms. The van der Waals surface area contributed by atoms with Gasteiger partial charge in [0.05, 0.1) is 7.11 Å². The van der Waals surface area contributed by atoms with Gasteiger partial charge in [0.2, 0.25) is 0 Å². The fourth-order valence-corrected chi connectivity index (χ4v) is 1.58. The highest BCUT2D eigenvalue weighted by Gasteiger charge is 2.19. The number of methoxy groups -OCH3 is 1. The summed E-state index contributed by atoms with van der Waals surface area (Å²) in [5, 5.41) is 3.50. The van der Waals surface area contributed by atoms with E-state index >= 15 is 0 Å². The summed E-state index contributed by atoms with van der Waals surface area (Å²) in [4.78, 5) is 0. The smallest absolute Gasteiger partial charge is 0.123 e. The number of nitrogens with one attached hydrogen (secondary N) is 1. The third-order valence-corrected chi connectivity index (χ3v) is 3.44. The fourth-order valence-electron chi connectivity index (χ4n) is 1.58. The molecule has 96 valence electrons. The lowest BCUT2D eigenvalue weighted by Gasteiger charge is -2.27. The van der Waals surface area contributed by atoms with Gasteiger partial charge < -0.3 is 10.1 Å². The van der Waals surface area contributed by atoms with Crippen LogP contribution in [0.5, 0.6) is 5.75 Å². The van der Waals surface area contributed by atoms with Crippen molar-refractivity contribution in [3.63, 3.8) is 0 Å². The van der Waals surface area contributed by atoms with Crippen molar-refractivity contribution in [3.05, 3.63) is 29.8 Å². The van der Waals surface area contributed by atoms with Crippen molar-refractivity contribution in [1.29, 1.82) is 0 Å². The van der Waals surface area contributed by atoms with Crippen molar-refractivity contribution in [3.8, 4) is 5.75 Å². The van der Waals surface area contributed by atoms with Crippen LogP contribution in [-0.4, -0.2) is 13.7 Å². The zero-order valence-corrected chi connectivity index (χ0v) is 11.7. The van der Waals surface area contributed by atoms with Crippen LogP contribution < -0.4 is 10.1 Å². The van der Waals surface area contributed by atoms with Crippen molar-refractivity contribution >= 4 is 0 Å². The predicted molar refractivity (Wildman–Crippen MR) is 73.3 cm³/mol. The maximum Gasteiger partial charge on any atom is 0.123 e. The van der Waals surface area contributed by atoms with Gasteiger partial charge in [0.1, 0.15) is 5.75 Å². The molecule has 0 amide bonds. The zero-order chi connectivity index (χ0) is 12.9. The monoisotopic (exact) mass is 235 g/mol.